The quantitative estimate of drug-likeness (QED) is 0.655. The summed E-state index contributed by atoms with van der Waals surface area (Å²) in [6.07, 6.45) is 4.04. The number of carbonyl (C=O) groups is 2. The summed E-state index contributed by atoms with van der Waals surface area (Å²) in [5.74, 6) is -0.168. The van der Waals surface area contributed by atoms with Crippen molar-refractivity contribution in [1.29, 1.82) is 0 Å². The molecule has 29 heavy (non-hydrogen) atoms. The third-order valence-corrected chi connectivity index (χ3v) is 4.60. The topological polar surface area (TPSA) is 111 Å². The second-order valence-corrected chi connectivity index (χ2v) is 6.44. The highest BCUT2D eigenvalue weighted by atomic mass is 16.5. The van der Waals surface area contributed by atoms with Crippen LogP contribution in [0.2, 0.25) is 0 Å². The van der Waals surface area contributed by atoms with Crippen molar-refractivity contribution in [3.63, 3.8) is 0 Å². The zero-order valence-electron chi connectivity index (χ0n) is 16.1. The average Bonchev–Trinajstić information content (AvgIpc) is 2.76. The predicted octanol–water partition coefficient (Wildman–Crippen LogP) is 1.10. The lowest BCUT2D eigenvalue weighted by atomic mass is 10.1. The highest BCUT2D eigenvalue weighted by Gasteiger charge is 2.31. The molecule has 2 heterocycles. The summed E-state index contributed by atoms with van der Waals surface area (Å²) in [6, 6.07) is 4.20. The third-order valence-electron chi connectivity index (χ3n) is 4.60. The molecule has 1 aliphatic heterocycles. The molecule has 0 spiro atoms. The molecule has 0 radical (unpaired) electrons. The van der Waals surface area contributed by atoms with E-state index < -0.39 is 0 Å². The molecule has 1 atom stereocenters. The summed E-state index contributed by atoms with van der Waals surface area (Å²) in [5, 5.41) is 9.79. The van der Waals surface area contributed by atoms with E-state index in [1.165, 1.54) is 12.3 Å². The van der Waals surface area contributed by atoms with Gasteiger partial charge in [0.25, 0.3) is 5.91 Å². The standard InChI is InChI=1S/C20H23N3O6/c1-27-9-5-16-19(22-7-6-21-16)20(26)23-8-10-28-12-14(23)13-29-18-4-2-3-17(25)15(18)11-24/h2-4,6-7,11,14,25H,5,8-10,12-13H2,1H3. The van der Waals surface area contributed by atoms with Gasteiger partial charge in [0.1, 0.15) is 23.8 Å². The van der Waals surface area contributed by atoms with Crippen LogP contribution in [0.25, 0.3) is 0 Å². The van der Waals surface area contributed by atoms with Crippen molar-refractivity contribution in [1.82, 2.24) is 14.9 Å². The fourth-order valence-corrected chi connectivity index (χ4v) is 3.09. The van der Waals surface area contributed by atoms with Crippen molar-refractivity contribution in [3.8, 4) is 11.5 Å². The molecule has 0 bridgehead atoms. The molecular formula is C20H23N3O6. The number of rotatable bonds is 8. The SMILES string of the molecule is COCCc1nccnc1C(=O)N1CCOCC1COc1cccc(O)c1C=O. The number of carbonyl (C=O) groups excluding carboxylic acids is 2. The summed E-state index contributed by atoms with van der Waals surface area (Å²) < 4.78 is 16.3. The van der Waals surface area contributed by atoms with Gasteiger partial charge in [-0.25, -0.2) is 4.98 Å². The summed E-state index contributed by atoms with van der Waals surface area (Å²) in [5.41, 5.74) is 0.919. The molecule has 3 rings (SSSR count). The molecule has 154 valence electrons. The number of aromatic nitrogens is 2. The lowest BCUT2D eigenvalue weighted by Gasteiger charge is -2.35. The molecule has 2 aromatic rings. The molecule has 9 nitrogen and oxygen atoms in total. The number of amides is 1. The van der Waals surface area contributed by atoms with Gasteiger partial charge in [0, 0.05) is 32.5 Å². The lowest BCUT2D eigenvalue weighted by molar-refractivity contribution is -0.0155. The van der Waals surface area contributed by atoms with Gasteiger partial charge in [-0.2, -0.15) is 0 Å². The fourth-order valence-electron chi connectivity index (χ4n) is 3.09. The van der Waals surface area contributed by atoms with Crippen LogP contribution in [0.5, 0.6) is 11.5 Å². The number of aromatic hydroxyl groups is 1. The zero-order valence-corrected chi connectivity index (χ0v) is 16.1. The Morgan fingerprint density at radius 3 is 3.00 bits per heavy atom. The molecule has 1 saturated heterocycles. The van der Waals surface area contributed by atoms with E-state index in [4.69, 9.17) is 14.2 Å². The van der Waals surface area contributed by atoms with Crippen molar-refractivity contribution in [2.24, 2.45) is 0 Å². The maximum absolute atomic E-state index is 13.2. The minimum Gasteiger partial charge on any atom is -0.507 e. The van der Waals surface area contributed by atoms with E-state index in [1.54, 1.807) is 30.3 Å². The van der Waals surface area contributed by atoms with Crippen molar-refractivity contribution < 1.29 is 28.9 Å². The molecule has 1 aromatic heterocycles. The van der Waals surface area contributed by atoms with Crippen molar-refractivity contribution in [2.75, 3.05) is 40.1 Å². The number of morpholine rings is 1. The van der Waals surface area contributed by atoms with Crippen LogP contribution in [-0.4, -0.2) is 78.3 Å². The smallest absolute Gasteiger partial charge is 0.274 e. The molecule has 9 heteroatoms. The molecule has 0 aliphatic carbocycles. The van der Waals surface area contributed by atoms with E-state index >= 15 is 0 Å². The van der Waals surface area contributed by atoms with Crippen LogP contribution < -0.4 is 4.74 Å². The molecule has 0 saturated carbocycles. The monoisotopic (exact) mass is 401 g/mol. The number of benzene rings is 1. The Hall–Kier alpha value is -3.04. The van der Waals surface area contributed by atoms with Crippen LogP contribution in [0, 0.1) is 0 Å². The number of nitrogens with zero attached hydrogens (tertiary/aromatic N) is 3. The Balaban J connectivity index is 1.76. The molecule has 1 amide bonds. The van der Waals surface area contributed by atoms with Crippen LogP contribution in [-0.2, 0) is 15.9 Å². The van der Waals surface area contributed by atoms with Crippen LogP contribution >= 0.6 is 0 Å². The third kappa shape index (κ3) is 4.87. The molecule has 1 N–H and O–H groups in total. The number of phenolic OH excluding ortho intramolecular Hbond substituents is 1. The largest absolute Gasteiger partial charge is 0.507 e. The van der Waals surface area contributed by atoms with E-state index in [9.17, 15) is 14.7 Å². The lowest BCUT2D eigenvalue weighted by Crippen LogP contribution is -2.51. The summed E-state index contributed by atoms with van der Waals surface area (Å²) in [7, 11) is 1.59. The molecule has 1 aromatic carbocycles. The Kier molecular flexibility index (Phi) is 7.09. The summed E-state index contributed by atoms with van der Waals surface area (Å²) >= 11 is 0. The number of aldehydes is 1. The van der Waals surface area contributed by atoms with Crippen molar-refractivity contribution >= 4 is 12.2 Å². The van der Waals surface area contributed by atoms with Gasteiger partial charge in [-0.05, 0) is 12.1 Å². The first-order valence-electron chi connectivity index (χ1n) is 9.23. The number of ether oxygens (including phenoxy) is 3. The van der Waals surface area contributed by atoms with Gasteiger partial charge in [0.05, 0.1) is 37.1 Å². The predicted molar refractivity (Wildman–Crippen MR) is 102 cm³/mol. The number of methoxy groups -OCH3 is 1. The van der Waals surface area contributed by atoms with Crippen molar-refractivity contribution in [2.45, 2.75) is 12.5 Å². The van der Waals surface area contributed by atoms with Gasteiger partial charge in [-0.3, -0.25) is 14.6 Å². The molecule has 1 aliphatic rings. The van der Waals surface area contributed by atoms with Crippen LogP contribution in [0.3, 0.4) is 0 Å². The maximum Gasteiger partial charge on any atom is 0.274 e. The average molecular weight is 401 g/mol. The fraction of sp³-hybridized carbons (Fsp3) is 0.400. The Bertz CT molecular complexity index is 860. The van der Waals surface area contributed by atoms with Gasteiger partial charge < -0.3 is 24.2 Å². The first-order valence-corrected chi connectivity index (χ1v) is 9.23. The first kappa shape index (κ1) is 20.7. The highest BCUT2D eigenvalue weighted by Crippen LogP contribution is 2.26. The van der Waals surface area contributed by atoms with E-state index in [0.717, 1.165) is 0 Å². The van der Waals surface area contributed by atoms with Gasteiger partial charge >= 0.3 is 0 Å². The molecule has 1 fully saturated rings. The van der Waals surface area contributed by atoms with Crippen molar-refractivity contribution in [3.05, 3.63) is 47.5 Å². The second-order valence-electron chi connectivity index (χ2n) is 6.44. The molecular weight excluding hydrogens is 378 g/mol. The minimum atomic E-state index is -0.379. The summed E-state index contributed by atoms with van der Waals surface area (Å²) in [6.45, 7) is 1.61. The normalized spacial score (nSPS) is 16.4. The Labute approximate surface area is 168 Å². The zero-order chi connectivity index (χ0) is 20.6. The van der Waals surface area contributed by atoms with E-state index in [0.29, 0.717) is 38.2 Å². The van der Waals surface area contributed by atoms with E-state index in [1.807, 2.05) is 0 Å². The van der Waals surface area contributed by atoms with Gasteiger partial charge in [0.15, 0.2) is 6.29 Å². The van der Waals surface area contributed by atoms with E-state index in [2.05, 4.69) is 9.97 Å². The first-order chi connectivity index (χ1) is 14.2. The van der Waals surface area contributed by atoms with Gasteiger partial charge in [-0.15, -0.1) is 0 Å². The molecule has 1 unspecified atom stereocenters. The Morgan fingerprint density at radius 1 is 1.38 bits per heavy atom. The van der Waals surface area contributed by atoms with Gasteiger partial charge in [0.2, 0.25) is 0 Å². The van der Waals surface area contributed by atoms with Gasteiger partial charge in [-0.1, -0.05) is 6.07 Å². The van der Waals surface area contributed by atoms with E-state index in [-0.39, 0.29) is 47.9 Å². The Morgan fingerprint density at radius 2 is 2.21 bits per heavy atom. The van der Waals surface area contributed by atoms with Crippen LogP contribution in [0.4, 0.5) is 0 Å². The summed E-state index contributed by atoms with van der Waals surface area (Å²) in [4.78, 5) is 34.5. The van der Waals surface area contributed by atoms with Crippen LogP contribution in [0.15, 0.2) is 30.6 Å². The minimum absolute atomic E-state index is 0.0675. The number of hydrogen-bond donors (Lipinski definition) is 1. The van der Waals surface area contributed by atoms with Crippen LogP contribution in [0.1, 0.15) is 26.5 Å². The number of phenols is 1. The second kappa shape index (κ2) is 9.94. The number of hydrogen-bond acceptors (Lipinski definition) is 8. The maximum atomic E-state index is 13.2. The highest BCUT2D eigenvalue weighted by molar-refractivity contribution is 5.93.